The van der Waals surface area contributed by atoms with Gasteiger partial charge >= 0.3 is 5.97 Å². The second kappa shape index (κ2) is 10.6. The molecule has 1 amide bonds. The maximum Gasteiger partial charge on any atom is 0.341 e. The van der Waals surface area contributed by atoms with Crippen LogP contribution in [0.3, 0.4) is 0 Å². The minimum absolute atomic E-state index is 0.101. The Morgan fingerprint density at radius 1 is 1.11 bits per heavy atom. The maximum absolute atomic E-state index is 12.8. The molecule has 0 fully saturated rings. The number of thioether (sulfide) groups is 1. The van der Waals surface area contributed by atoms with Crippen LogP contribution in [0.15, 0.2) is 53.0 Å². The van der Waals surface area contributed by atoms with Gasteiger partial charge in [-0.2, -0.15) is 0 Å². The van der Waals surface area contributed by atoms with Crippen molar-refractivity contribution in [3.8, 4) is 22.5 Å². The first kappa shape index (κ1) is 25.0. The van der Waals surface area contributed by atoms with Crippen LogP contribution in [-0.2, 0) is 16.6 Å². The highest BCUT2D eigenvalue weighted by Gasteiger charge is 2.23. The van der Waals surface area contributed by atoms with Gasteiger partial charge in [-0.05, 0) is 49.2 Å². The number of thiophene rings is 1. The molecule has 0 saturated heterocycles. The predicted molar refractivity (Wildman–Crippen MR) is 141 cm³/mol. The van der Waals surface area contributed by atoms with Crippen LogP contribution in [0.4, 0.5) is 5.00 Å². The molecule has 7 nitrogen and oxygen atoms in total. The number of hydrogen-bond donors (Lipinski definition) is 1. The van der Waals surface area contributed by atoms with Gasteiger partial charge in [0.1, 0.15) is 10.6 Å². The van der Waals surface area contributed by atoms with Crippen molar-refractivity contribution in [1.29, 1.82) is 0 Å². The van der Waals surface area contributed by atoms with E-state index in [4.69, 9.17) is 16.3 Å². The fourth-order valence-electron chi connectivity index (χ4n) is 3.56. The minimum Gasteiger partial charge on any atom is -0.465 e. The minimum atomic E-state index is -0.494. The van der Waals surface area contributed by atoms with Gasteiger partial charge in [0.2, 0.25) is 5.91 Å². The summed E-state index contributed by atoms with van der Waals surface area (Å²) < 4.78 is 6.85. The second-order valence-corrected chi connectivity index (χ2v) is 10.1. The van der Waals surface area contributed by atoms with Crippen molar-refractivity contribution in [2.75, 3.05) is 18.2 Å². The highest BCUT2D eigenvalue weighted by Crippen LogP contribution is 2.38. The van der Waals surface area contributed by atoms with Crippen LogP contribution in [-0.4, -0.2) is 39.5 Å². The van der Waals surface area contributed by atoms with E-state index < -0.39 is 5.97 Å². The Morgan fingerprint density at radius 2 is 1.86 bits per heavy atom. The average molecular weight is 527 g/mol. The molecule has 2 aromatic carbocycles. The SMILES string of the molecule is COC(=O)c1c(-c2cc(C)ccc2C)csc1NC(=O)CSc1nnc(-c2ccc(Cl)cc2)n1C. The van der Waals surface area contributed by atoms with Gasteiger partial charge in [0.25, 0.3) is 0 Å². The number of benzene rings is 2. The molecule has 0 saturated carbocycles. The first-order chi connectivity index (χ1) is 16.8. The number of esters is 1. The van der Waals surface area contributed by atoms with E-state index in [2.05, 4.69) is 15.5 Å². The van der Waals surface area contributed by atoms with Crippen molar-refractivity contribution >= 4 is 51.6 Å². The Labute approximate surface area is 216 Å². The number of aryl methyl sites for hydroxylation is 2. The van der Waals surface area contributed by atoms with Crippen molar-refractivity contribution in [2.45, 2.75) is 19.0 Å². The molecule has 2 aromatic heterocycles. The van der Waals surface area contributed by atoms with Crippen LogP contribution < -0.4 is 5.32 Å². The molecule has 0 aliphatic heterocycles. The number of hydrogen-bond acceptors (Lipinski definition) is 7. The number of carbonyl (C=O) groups is 2. The zero-order chi connectivity index (χ0) is 25.1. The number of methoxy groups -OCH3 is 1. The first-order valence-corrected chi connectivity index (χ1v) is 12.9. The Morgan fingerprint density at radius 3 is 2.57 bits per heavy atom. The summed E-state index contributed by atoms with van der Waals surface area (Å²) in [7, 11) is 3.18. The van der Waals surface area contributed by atoms with Crippen molar-refractivity contribution < 1.29 is 14.3 Å². The maximum atomic E-state index is 12.8. The number of rotatable bonds is 7. The topological polar surface area (TPSA) is 86.1 Å². The number of aromatic nitrogens is 3. The molecular formula is C25H23ClN4O3S2. The lowest BCUT2D eigenvalue weighted by atomic mass is 9.97. The molecule has 1 N–H and O–H groups in total. The Kier molecular flexibility index (Phi) is 7.59. The Hall–Kier alpha value is -3.14. The van der Waals surface area contributed by atoms with Crippen molar-refractivity contribution in [2.24, 2.45) is 7.05 Å². The van der Waals surface area contributed by atoms with Crippen LogP contribution in [0.25, 0.3) is 22.5 Å². The highest BCUT2D eigenvalue weighted by molar-refractivity contribution is 7.99. The van der Waals surface area contributed by atoms with Crippen LogP contribution in [0.5, 0.6) is 0 Å². The van der Waals surface area contributed by atoms with Gasteiger partial charge in [-0.15, -0.1) is 21.5 Å². The quantitative estimate of drug-likeness (QED) is 0.235. The molecule has 0 aliphatic rings. The van der Waals surface area contributed by atoms with E-state index in [-0.39, 0.29) is 11.7 Å². The molecule has 0 bridgehead atoms. The average Bonchev–Trinajstić information content (AvgIpc) is 3.42. The molecule has 0 aliphatic carbocycles. The van der Waals surface area contributed by atoms with Gasteiger partial charge in [0, 0.05) is 28.6 Å². The fraction of sp³-hybridized carbons (Fsp3) is 0.200. The van der Waals surface area contributed by atoms with E-state index in [1.165, 1.54) is 30.2 Å². The van der Waals surface area contributed by atoms with E-state index in [1.807, 2.05) is 61.2 Å². The number of anilines is 1. The number of carbonyl (C=O) groups excluding carboxylic acids is 2. The molecule has 35 heavy (non-hydrogen) atoms. The lowest BCUT2D eigenvalue weighted by molar-refractivity contribution is -0.113. The predicted octanol–water partition coefficient (Wildman–Crippen LogP) is 6.00. The van der Waals surface area contributed by atoms with Crippen molar-refractivity contribution in [3.05, 3.63) is 69.6 Å². The third kappa shape index (κ3) is 5.42. The molecule has 0 spiro atoms. The van der Waals surface area contributed by atoms with Gasteiger partial charge in [-0.25, -0.2) is 4.79 Å². The molecule has 4 rings (SSSR count). The van der Waals surface area contributed by atoms with Gasteiger partial charge in [0.05, 0.1) is 12.9 Å². The van der Waals surface area contributed by atoms with E-state index >= 15 is 0 Å². The molecule has 0 atom stereocenters. The van der Waals surface area contributed by atoms with E-state index in [0.717, 1.165) is 27.8 Å². The summed E-state index contributed by atoms with van der Waals surface area (Å²) in [5, 5.41) is 14.9. The van der Waals surface area contributed by atoms with Crippen molar-refractivity contribution in [1.82, 2.24) is 14.8 Å². The van der Waals surface area contributed by atoms with Gasteiger partial charge in [0.15, 0.2) is 11.0 Å². The summed E-state index contributed by atoms with van der Waals surface area (Å²) in [5.41, 5.74) is 5.02. The van der Waals surface area contributed by atoms with Crippen LogP contribution in [0.1, 0.15) is 21.5 Å². The molecule has 10 heteroatoms. The van der Waals surface area contributed by atoms with Crippen molar-refractivity contribution in [3.63, 3.8) is 0 Å². The van der Waals surface area contributed by atoms with Gasteiger partial charge in [-0.3, -0.25) is 4.79 Å². The lowest BCUT2D eigenvalue weighted by Gasteiger charge is -2.10. The summed E-state index contributed by atoms with van der Waals surface area (Å²) in [4.78, 5) is 25.4. The van der Waals surface area contributed by atoms with Crippen LogP contribution in [0, 0.1) is 13.8 Å². The molecule has 180 valence electrons. The van der Waals surface area contributed by atoms with Gasteiger partial charge in [-0.1, -0.05) is 47.1 Å². The lowest BCUT2D eigenvalue weighted by Crippen LogP contribution is -2.16. The standard InChI is InChI=1S/C25H23ClN4O3S2/c1-14-5-6-15(2)18(11-14)19-12-34-23(21(19)24(32)33-4)27-20(31)13-35-25-29-28-22(30(25)3)16-7-9-17(26)10-8-16/h5-12H,13H2,1-4H3,(H,27,31). The van der Waals surface area contributed by atoms with E-state index in [9.17, 15) is 9.59 Å². The molecular weight excluding hydrogens is 504 g/mol. The van der Waals surface area contributed by atoms with Crippen LogP contribution >= 0.6 is 34.7 Å². The fourth-order valence-corrected chi connectivity index (χ4v) is 5.36. The van der Waals surface area contributed by atoms with E-state index in [0.29, 0.717) is 26.6 Å². The Balaban J connectivity index is 1.51. The normalized spacial score (nSPS) is 10.9. The zero-order valence-corrected chi connectivity index (χ0v) is 22.0. The summed E-state index contributed by atoms with van der Waals surface area (Å²) in [5.74, 6) is 0.0229. The van der Waals surface area contributed by atoms with E-state index in [1.54, 1.807) is 12.1 Å². The first-order valence-electron chi connectivity index (χ1n) is 10.6. The van der Waals surface area contributed by atoms with Crippen LogP contribution in [0.2, 0.25) is 5.02 Å². The molecule has 2 heterocycles. The number of nitrogens with one attached hydrogen (secondary N) is 1. The smallest absolute Gasteiger partial charge is 0.341 e. The summed E-state index contributed by atoms with van der Waals surface area (Å²) in [6.07, 6.45) is 0. The third-order valence-corrected chi connectivity index (χ3v) is 7.55. The highest BCUT2D eigenvalue weighted by atomic mass is 35.5. The number of amides is 1. The monoisotopic (exact) mass is 526 g/mol. The summed E-state index contributed by atoms with van der Waals surface area (Å²) in [6.45, 7) is 3.99. The number of ether oxygens (including phenoxy) is 1. The zero-order valence-electron chi connectivity index (χ0n) is 19.6. The molecule has 4 aromatic rings. The third-order valence-electron chi connectivity index (χ3n) is 5.39. The largest absolute Gasteiger partial charge is 0.465 e. The number of nitrogens with zero attached hydrogens (tertiary/aromatic N) is 3. The second-order valence-electron chi connectivity index (χ2n) is 7.87. The number of halogens is 1. The summed E-state index contributed by atoms with van der Waals surface area (Å²) in [6, 6.07) is 13.4. The Bertz CT molecular complexity index is 1400. The molecule has 0 radical (unpaired) electrons. The summed E-state index contributed by atoms with van der Waals surface area (Å²) >= 11 is 8.53. The van der Waals surface area contributed by atoms with Gasteiger partial charge < -0.3 is 14.6 Å². The molecule has 0 unspecified atom stereocenters.